The van der Waals surface area contributed by atoms with E-state index in [1.807, 2.05) is 4.68 Å². The summed E-state index contributed by atoms with van der Waals surface area (Å²) >= 11 is 0. The van der Waals surface area contributed by atoms with E-state index in [0.29, 0.717) is 11.8 Å². The molecule has 1 aliphatic carbocycles. The molecule has 0 aromatic carbocycles. The highest BCUT2D eigenvalue weighted by Gasteiger charge is 2.30. The van der Waals surface area contributed by atoms with Crippen LogP contribution in [-0.4, -0.2) is 26.1 Å². The molecule has 1 aromatic heterocycles. The van der Waals surface area contributed by atoms with Crippen molar-refractivity contribution in [3.8, 4) is 0 Å². The number of carbonyl (C=O) groups is 1. The Hall–Kier alpha value is -1.39. The summed E-state index contributed by atoms with van der Waals surface area (Å²) in [5.74, 6) is 0.609. The van der Waals surface area contributed by atoms with Crippen molar-refractivity contribution < 1.29 is 9.90 Å². The van der Waals surface area contributed by atoms with E-state index in [-0.39, 0.29) is 5.69 Å². The molecule has 124 valence electrons. The summed E-state index contributed by atoms with van der Waals surface area (Å²) in [4.78, 5) is 11.5. The molecule has 0 radical (unpaired) electrons. The van der Waals surface area contributed by atoms with Crippen LogP contribution in [0, 0.1) is 11.8 Å². The Bertz CT molecular complexity index is 488. The van der Waals surface area contributed by atoms with E-state index in [9.17, 15) is 9.90 Å². The molecule has 2 rings (SSSR count). The first-order valence-electron chi connectivity index (χ1n) is 8.69. The van der Waals surface area contributed by atoms with Gasteiger partial charge >= 0.3 is 5.97 Å². The normalized spacial score (nSPS) is 22.2. The molecule has 0 atom stereocenters. The van der Waals surface area contributed by atoms with Gasteiger partial charge in [-0.25, -0.2) is 9.48 Å². The van der Waals surface area contributed by atoms with Crippen molar-refractivity contribution in [3.05, 3.63) is 11.4 Å². The van der Waals surface area contributed by atoms with Gasteiger partial charge in [-0.05, 0) is 37.5 Å². The molecule has 1 fully saturated rings. The molecule has 1 aromatic rings. The number of carboxylic acid groups (broad SMARTS) is 1. The van der Waals surface area contributed by atoms with Gasteiger partial charge in [0, 0.05) is 12.5 Å². The van der Waals surface area contributed by atoms with Gasteiger partial charge < -0.3 is 5.11 Å². The fraction of sp³-hybridized carbons (Fsp3) is 0.824. The molecule has 0 spiro atoms. The maximum Gasteiger partial charge on any atom is 0.358 e. The molecule has 0 aliphatic heterocycles. The minimum Gasteiger partial charge on any atom is -0.476 e. The van der Waals surface area contributed by atoms with Crippen LogP contribution >= 0.6 is 0 Å². The first-order valence-corrected chi connectivity index (χ1v) is 8.69. The summed E-state index contributed by atoms with van der Waals surface area (Å²) in [5, 5.41) is 17.4. The average Bonchev–Trinajstić information content (AvgIpc) is 2.88. The molecular formula is C17H29N3O2. The second-order valence-corrected chi connectivity index (χ2v) is 7.06. The Labute approximate surface area is 133 Å². The average molecular weight is 307 g/mol. The number of carboxylic acids is 1. The molecule has 5 heteroatoms. The molecule has 5 nitrogen and oxygen atoms in total. The first kappa shape index (κ1) is 17.0. The summed E-state index contributed by atoms with van der Waals surface area (Å²) in [7, 11) is 0. The van der Waals surface area contributed by atoms with Crippen LogP contribution in [-0.2, 0) is 6.54 Å². The third kappa shape index (κ3) is 4.08. The van der Waals surface area contributed by atoms with Crippen molar-refractivity contribution in [2.24, 2.45) is 11.8 Å². The van der Waals surface area contributed by atoms with Crippen LogP contribution in [0.15, 0.2) is 0 Å². The van der Waals surface area contributed by atoms with Crippen molar-refractivity contribution in [1.29, 1.82) is 0 Å². The monoisotopic (exact) mass is 307 g/mol. The van der Waals surface area contributed by atoms with E-state index in [0.717, 1.165) is 31.0 Å². The van der Waals surface area contributed by atoms with Gasteiger partial charge in [0.15, 0.2) is 5.69 Å². The number of nitrogens with zero attached hydrogens (tertiary/aromatic N) is 3. The van der Waals surface area contributed by atoms with E-state index < -0.39 is 5.97 Å². The van der Waals surface area contributed by atoms with Gasteiger partial charge in [-0.1, -0.05) is 45.2 Å². The highest BCUT2D eigenvalue weighted by molar-refractivity contribution is 5.86. The summed E-state index contributed by atoms with van der Waals surface area (Å²) in [5.41, 5.74) is 1.02. The molecule has 1 N–H and O–H groups in total. The van der Waals surface area contributed by atoms with Crippen LogP contribution < -0.4 is 0 Å². The first-order chi connectivity index (χ1) is 10.5. The highest BCUT2D eigenvalue weighted by atomic mass is 16.4. The van der Waals surface area contributed by atoms with Crippen LogP contribution in [0.1, 0.15) is 87.8 Å². The summed E-state index contributed by atoms with van der Waals surface area (Å²) in [6, 6.07) is 0. The van der Waals surface area contributed by atoms with E-state index in [2.05, 4.69) is 31.1 Å². The number of aromatic carboxylic acids is 1. The lowest BCUT2D eigenvalue weighted by molar-refractivity contribution is 0.0687. The van der Waals surface area contributed by atoms with E-state index in [4.69, 9.17) is 0 Å². The fourth-order valence-corrected chi connectivity index (χ4v) is 3.57. The lowest BCUT2D eigenvalue weighted by atomic mass is 9.78. The fourth-order valence-electron chi connectivity index (χ4n) is 3.57. The molecule has 1 saturated carbocycles. The lowest BCUT2D eigenvalue weighted by Gasteiger charge is -2.29. The maximum atomic E-state index is 11.5. The Morgan fingerprint density at radius 1 is 1.32 bits per heavy atom. The molecule has 0 amide bonds. The van der Waals surface area contributed by atoms with Crippen LogP contribution in [0.4, 0.5) is 0 Å². The second-order valence-electron chi connectivity index (χ2n) is 7.06. The summed E-state index contributed by atoms with van der Waals surface area (Å²) in [6.07, 6.45) is 8.43. The largest absolute Gasteiger partial charge is 0.476 e. The van der Waals surface area contributed by atoms with Gasteiger partial charge in [-0.3, -0.25) is 0 Å². The lowest BCUT2D eigenvalue weighted by Crippen LogP contribution is -2.20. The second kappa shape index (κ2) is 7.75. The Morgan fingerprint density at radius 3 is 2.55 bits per heavy atom. The number of unbranched alkanes of at least 4 members (excludes halogenated alkanes) is 1. The highest BCUT2D eigenvalue weighted by Crippen LogP contribution is 2.38. The third-order valence-electron chi connectivity index (χ3n) is 4.71. The topological polar surface area (TPSA) is 68.0 Å². The molecule has 0 unspecified atom stereocenters. The van der Waals surface area contributed by atoms with E-state index in [1.54, 1.807) is 0 Å². The zero-order valence-electron chi connectivity index (χ0n) is 14.1. The summed E-state index contributed by atoms with van der Waals surface area (Å²) in [6.45, 7) is 7.22. The van der Waals surface area contributed by atoms with Gasteiger partial charge in [0.05, 0.1) is 5.69 Å². The van der Waals surface area contributed by atoms with Crippen molar-refractivity contribution in [2.75, 3.05) is 0 Å². The molecule has 0 bridgehead atoms. The summed E-state index contributed by atoms with van der Waals surface area (Å²) < 4.78 is 1.84. The van der Waals surface area contributed by atoms with Crippen LogP contribution in [0.25, 0.3) is 0 Å². The van der Waals surface area contributed by atoms with Gasteiger partial charge in [-0.15, -0.1) is 5.10 Å². The molecule has 22 heavy (non-hydrogen) atoms. The smallest absolute Gasteiger partial charge is 0.358 e. The van der Waals surface area contributed by atoms with Gasteiger partial charge in [0.1, 0.15) is 0 Å². The maximum absolute atomic E-state index is 11.5. The number of hydrogen-bond donors (Lipinski definition) is 1. The standard InChI is InChI=1S/C17H29N3O2/c1-4-5-6-13-7-9-14(10-8-13)16-15(17(21)22)18-19-20(16)11-12(2)3/h12-14H,4-11H2,1-3H3,(H,21,22). The van der Waals surface area contributed by atoms with E-state index in [1.165, 1.54) is 32.1 Å². The van der Waals surface area contributed by atoms with Crippen molar-refractivity contribution in [3.63, 3.8) is 0 Å². The van der Waals surface area contributed by atoms with Gasteiger partial charge in [0.2, 0.25) is 0 Å². The zero-order valence-corrected chi connectivity index (χ0v) is 14.1. The van der Waals surface area contributed by atoms with Crippen molar-refractivity contribution >= 4 is 5.97 Å². The van der Waals surface area contributed by atoms with Crippen molar-refractivity contribution in [1.82, 2.24) is 15.0 Å². The van der Waals surface area contributed by atoms with Gasteiger partial charge in [0.25, 0.3) is 0 Å². The van der Waals surface area contributed by atoms with Gasteiger partial charge in [-0.2, -0.15) is 0 Å². The number of aromatic nitrogens is 3. The molecular weight excluding hydrogens is 278 g/mol. The SMILES string of the molecule is CCCCC1CCC(c2c(C(=O)O)nnn2CC(C)C)CC1. The van der Waals surface area contributed by atoms with Crippen LogP contribution in [0.5, 0.6) is 0 Å². The minimum atomic E-state index is -0.946. The third-order valence-corrected chi connectivity index (χ3v) is 4.71. The Morgan fingerprint density at radius 2 is 2.00 bits per heavy atom. The molecule has 1 aliphatic rings. The number of rotatable bonds is 7. The predicted octanol–water partition coefficient (Wildman–Crippen LogP) is 4.10. The Balaban J connectivity index is 2.11. The van der Waals surface area contributed by atoms with E-state index >= 15 is 0 Å². The van der Waals surface area contributed by atoms with Crippen LogP contribution in [0.3, 0.4) is 0 Å². The van der Waals surface area contributed by atoms with Crippen molar-refractivity contribution in [2.45, 2.75) is 78.2 Å². The molecule has 1 heterocycles. The molecule has 0 saturated heterocycles. The zero-order chi connectivity index (χ0) is 16.1. The quantitative estimate of drug-likeness (QED) is 0.823. The number of hydrogen-bond acceptors (Lipinski definition) is 3. The minimum absolute atomic E-state index is 0.164. The Kier molecular flexibility index (Phi) is 5.98. The van der Waals surface area contributed by atoms with Crippen LogP contribution in [0.2, 0.25) is 0 Å². The predicted molar refractivity (Wildman–Crippen MR) is 86.0 cm³/mol.